The Morgan fingerprint density at radius 2 is 2.00 bits per heavy atom. The SMILES string of the molecule is C[Si](C)(C)N(C#N)[N+](=O)[O-]. The van der Waals surface area contributed by atoms with Gasteiger partial charge in [-0.05, 0) is 19.6 Å². The molecule has 0 aromatic carbocycles. The fraction of sp³-hybridized carbons (Fsp3) is 0.750. The summed E-state index contributed by atoms with van der Waals surface area (Å²) in [4.78, 5) is 10.1. The summed E-state index contributed by atoms with van der Waals surface area (Å²) in [6, 6.07) is 0. The lowest BCUT2D eigenvalue weighted by Crippen LogP contribution is -2.46. The summed E-state index contributed by atoms with van der Waals surface area (Å²) in [6.45, 7) is 5.21. The summed E-state index contributed by atoms with van der Waals surface area (Å²) in [6.07, 6.45) is 1.54. The van der Waals surface area contributed by atoms with Crippen molar-refractivity contribution in [2.24, 2.45) is 0 Å². The highest BCUT2D eigenvalue weighted by atomic mass is 28.3. The Kier molecular flexibility index (Phi) is 2.37. The second-order valence-electron chi connectivity index (χ2n) is 2.82. The van der Waals surface area contributed by atoms with Crippen molar-refractivity contribution in [1.82, 2.24) is 4.67 Å². The third-order valence-corrected chi connectivity index (χ3v) is 2.43. The molecule has 0 N–H and O–H groups in total. The molecule has 0 spiro atoms. The van der Waals surface area contributed by atoms with Gasteiger partial charge in [0.25, 0.3) is 8.24 Å². The molecule has 0 bridgehead atoms. The quantitative estimate of drug-likeness (QED) is 0.196. The second kappa shape index (κ2) is 2.66. The van der Waals surface area contributed by atoms with Gasteiger partial charge in [-0.25, -0.2) is 10.1 Å². The van der Waals surface area contributed by atoms with Crippen LogP contribution in [-0.4, -0.2) is 17.9 Å². The van der Waals surface area contributed by atoms with Gasteiger partial charge in [0.05, 0.1) is 0 Å². The molecule has 5 nitrogen and oxygen atoms in total. The average molecular weight is 159 g/mol. The van der Waals surface area contributed by atoms with Gasteiger partial charge >= 0.3 is 0 Å². The smallest absolute Gasteiger partial charge is 0.234 e. The Hall–Kier alpha value is -1.09. The Labute approximate surface area is 60.1 Å². The average Bonchev–Trinajstić information content (AvgIpc) is 1.60. The normalized spacial score (nSPS) is 10.2. The van der Waals surface area contributed by atoms with E-state index < -0.39 is 13.3 Å². The molecule has 0 aromatic heterocycles. The van der Waals surface area contributed by atoms with Gasteiger partial charge in [-0.2, -0.15) is 5.26 Å². The van der Waals surface area contributed by atoms with Crippen LogP contribution in [0.5, 0.6) is 0 Å². The molecule has 10 heavy (non-hydrogen) atoms. The first-order valence-corrected chi connectivity index (χ1v) is 6.18. The molecule has 0 aliphatic carbocycles. The van der Waals surface area contributed by atoms with E-state index in [9.17, 15) is 10.1 Å². The van der Waals surface area contributed by atoms with Crippen LogP contribution in [0.15, 0.2) is 0 Å². The molecule has 56 valence electrons. The monoisotopic (exact) mass is 159 g/mol. The zero-order chi connectivity index (χ0) is 8.36. The molecule has 0 heterocycles. The number of rotatable bonds is 2. The van der Waals surface area contributed by atoms with Crippen LogP contribution >= 0.6 is 0 Å². The summed E-state index contributed by atoms with van der Waals surface area (Å²) in [5, 5.41) is 17.8. The lowest BCUT2D eigenvalue weighted by atomic mass is 11.4. The zero-order valence-corrected chi connectivity index (χ0v) is 7.16. The van der Waals surface area contributed by atoms with Gasteiger partial charge in [0, 0.05) is 0 Å². The summed E-state index contributed by atoms with van der Waals surface area (Å²) >= 11 is 0. The van der Waals surface area contributed by atoms with E-state index in [-0.39, 0.29) is 0 Å². The molecule has 0 atom stereocenters. The van der Waals surface area contributed by atoms with Crippen LogP contribution in [0.2, 0.25) is 19.6 Å². The van der Waals surface area contributed by atoms with Crippen LogP contribution in [0.1, 0.15) is 0 Å². The van der Waals surface area contributed by atoms with E-state index in [4.69, 9.17) is 5.26 Å². The van der Waals surface area contributed by atoms with Gasteiger partial charge in [0.2, 0.25) is 6.19 Å². The third kappa shape index (κ3) is 2.03. The van der Waals surface area contributed by atoms with Crippen molar-refractivity contribution in [3.05, 3.63) is 10.1 Å². The van der Waals surface area contributed by atoms with Gasteiger partial charge < -0.3 is 0 Å². The first-order valence-electron chi connectivity index (χ1n) is 2.74. The molecule has 0 aromatic rings. The number of hydrogen-bond donors (Lipinski definition) is 0. The molecular formula is C4H9N3O2Si. The van der Waals surface area contributed by atoms with Crippen molar-refractivity contribution in [2.45, 2.75) is 19.6 Å². The van der Waals surface area contributed by atoms with Gasteiger partial charge in [0.1, 0.15) is 0 Å². The van der Waals surface area contributed by atoms with E-state index in [1.165, 1.54) is 6.19 Å². The number of hydrazine groups is 1. The molecule has 0 saturated carbocycles. The predicted molar refractivity (Wildman–Crippen MR) is 37.8 cm³/mol. The van der Waals surface area contributed by atoms with E-state index in [1.54, 1.807) is 19.6 Å². The topological polar surface area (TPSA) is 70.2 Å². The molecule has 0 saturated heterocycles. The van der Waals surface area contributed by atoms with Crippen molar-refractivity contribution in [1.29, 1.82) is 5.26 Å². The fourth-order valence-electron chi connectivity index (χ4n) is 0.431. The molecular weight excluding hydrogens is 150 g/mol. The van der Waals surface area contributed by atoms with Crippen LogP contribution in [0.4, 0.5) is 0 Å². The van der Waals surface area contributed by atoms with Crippen molar-refractivity contribution in [2.75, 3.05) is 0 Å². The number of nitrogens with zero attached hydrogens (tertiary/aromatic N) is 3. The molecule has 0 radical (unpaired) electrons. The van der Waals surface area contributed by atoms with E-state index in [1.807, 2.05) is 0 Å². The maximum Gasteiger partial charge on any atom is 0.250 e. The van der Waals surface area contributed by atoms with Crippen LogP contribution in [0.25, 0.3) is 0 Å². The standard InChI is InChI=1S/C4H9N3O2Si/c1-10(2,3)6(4-5)7(8)9/h1-3H3. The molecule has 0 amide bonds. The van der Waals surface area contributed by atoms with Gasteiger partial charge in [0.15, 0.2) is 5.03 Å². The summed E-state index contributed by atoms with van der Waals surface area (Å²) < 4.78 is 0.646. The fourth-order valence-corrected chi connectivity index (χ4v) is 1.22. The largest absolute Gasteiger partial charge is 0.250 e. The van der Waals surface area contributed by atoms with E-state index in [0.717, 1.165) is 0 Å². The van der Waals surface area contributed by atoms with Gasteiger partial charge in [-0.3, -0.25) is 0 Å². The Balaban J connectivity index is 4.42. The van der Waals surface area contributed by atoms with Crippen LogP contribution < -0.4 is 0 Å². The minimum Gasteiger partial charge on any atom is -0.234 e. The second-order valence-corrected chi connectivity index (χ2v) is 7.59. The summed E-state index contributed by atoms with van der Waals surface area (Å²) in [5.41, 5.74) is 0. The Bertz CT molecular complexity index is 180. The Morgan fingerprint density at radius 1 is 1.60 bits per heavy atom. The predicted octanol–water partition coefficient (Wildman–Crippen LogP) is 0.796. The van der Waals surface area contributed by atoms with E-state index in [2.05, 4.69) is 0 Å². The van der Waals surface area contributed by atoms with Crippen molar-refractivity contribution in [3.63, 3.8) is 0 Å². The number of nitriles is 1. The van der Waals surface area contributed by atoms with E-state index >= 15 is 0 Å². The summed E-state index contributed by atoms with van der Waals surface area (Å²) in [7, 11) is -2.08. The molecule has 6 heteroatoms. The maximum atomic E-state index is 10.1. The highest BCUT2D eigenvalue weighted by Crippen LogP contribution is 2.06. The van der Waals surface area contributed by atoms with Crippen LogP contribution in [-0.2, 0) is 0 Å². The Morgan fingerprint density at radius 3 is 2.00 bits per heavy atom. The zero-order valence-electron chi connectivity index (χ0n) is 6.16. The summed E-state index contributed by atoms with van der Waals surface area (Å²) in [5.74, 6) is 0. The number of nitro groups is 1. The minimum atomic E-state index is -2.08. The van der Waals surface area contributed by atoms with E-state index in [0.29, 0.717) is 4.67 Å². The van der Waals surface area contributed by atoms with Gasteiger partial charge in [-0.15, -0.1) is 0 Å². The third-order valence-electron chi connectivity index (χ3n) is 0.893. The maximum absolute atomic E-state index is 10.1. The van der Waals surface area contributed by atoms with Crippen LogP contribution in [0.3, 0.4) is 0 Å². The highest BCUT2D eigenvalue weighted by molar-refractivity contribution is 6.73. The highest BCUT2D eigenvalue weighted by Gasteiger charge is 2.33. The molecule has 0 aliphatic heterocycles. The van der Waals surface area contributed by atoms with Crippen LogP contribution in [0, 0.1) is 21.6 Å². The minimum absolute atomic E-state index is 0.646. The van der Waals surface area contributed by atoms with Gasteiger partial charge in [-0.1, -0.05) is 4.67 Å². The van der Waals surface area contributed by atoms with Crippen molar-refractivity contribution < 1.29 is 5.03 Å². The molecule has 0 fully saturated rings. The number of hydrogen-bond acceptors (Lipinski definition) is 3. The first kappa shape index (κ1) is 8.91. The lowest BCUT2D eigenvalue weighted by molar-refractivity contribution is -0.608. The molecule has 0 unspecified atom stereocenters. The van der Waals surface area contributed by atoms with Crippen molar-refractivity contribution in [3.8, 4) is 6.19 Å². The molecule has 0 aliphatic rings. The van der Waals surface area contributed by atoms with Crippen molar-refractivity contribution >= 4 is 8.24 Å². The first-order chi connectivity index (χ1) is 4.39. The lowest BCUT2D eigenvalue weighted by Gasteiger charge is -2.16. The molecule has 0 rings (SSSR count).